The van der Waals surface area contributed by atoms with Gasteiger partial charge in [-0.3, -0.25) is 19.3 Å². The molecule has 0 radical (unpaired) electrons. The van der Waals surface area contributed by atoms with E-state index >= 15 is 0 Å². The third kappa shape index (κ3) is 4.74. The minimum atomic E-state index is -1.15. The average Bonchev–Trinajstić information content (AvgIpc) is 3.39. The second-order valence-corrected chi connectivity index (χ2v) is 11.1. The van der Waals surface area contributed by atoms with Gasteiger partial charge in [-0.25, -0.2) is 4.98 Å². The van der Waals surface area contributed by atoms with Gasteiger partial charge in [-0.15, -0.1) is 11.3 Å². The summed E-state index contributed by atoms with van der Waals surface area (Å²) in [6.45, 7) is 0.846. The van der Waals surface area contributed by atoms with Gasteiger partial charge in [0.25, 0.3) is 0 Å². The van der Waals surface area contributed by atoms with Gasteiger partial charge in [-0.2, -0.15) is 0 Å². The van der Waals surface area contributed by atoms with Gasteiger partial charge in [0.1, 0.15) is 5.01 Å². The highest BCUT2D eigenvalue weighted by Gasteiger charge is 2.54. The molecule has 182 valence electrons. The number of aromatic nitrogens is 1. The van der Waals surface area contributed by atoms with Crippen LogP contribution < -0.4 is 0 Å². The van der Waals surface area contributed by atoms with Crippen molar-refractivity contribution in [2.24, 2.45) is 5.92 Å². The van der Waals surface area contributed by atoms with Crippen molar-refractivity contribution < 1.29 is 14.4 Å². The van der Waals surface area contributed by atoms with Crippen LogP contribution in [0.4, 0.5) is 0 Å². The van der Waals surface area contributed by atoms with Crippen molar-refractivity contribution in [2.45, 2.75) is 56.9 Å². The van der Waals surface area contributed by atoms with E-state index < -0.39 is 5.41 Å². The number of nitrogens with zero attached hydrogens (tertiary/aromatic N) is 3. The fourth-order valence-electron chi connectivity index (χ4n) is 5.51. The number of likely N-dealkylation sites (tertiary alicyclic amines) is 1. The lowest BCUT2D eigenvalue weighted by atomic mass is 9.75. The number of thiazole rings is 1. The summed E-state index contributed by atoms with van der Waals surface area (Å²) in [5.41, 5.74) is 0.515. The number of hydrogen-bond acceptors (Lipinski definition) is 5. The Labute approximate surface area is 209 Å². The zero-order chi connectivity index (χ0) is 24.4. The van der Waals surface area contributed by atoms with Gasteiger partial charge in [-0.1, -0.05) is 61.7 Å². The molecule has 0 N–H and O–H groups in total. The molecular formula is C28H31N3O3S. The molecule has 1 aliphatic heterocycles. The number of hydrogen-bond donors (Lipinski definition) is 0. The minimum Gasteiger partial charge on any atom is -0.339 e. The molecule has 6 nitrogen and oxygen atoms in total. The molecule has 35 heavy (non-hydrogen) atoms. The van der Waals surface area contributed by atoms with Crippen molar-refractivity contribution >= 4 is 39.3 Å². The highest BCUT2D eigenvalue weighted by molar-refractivity contribution is 7.18. The normalized spacial score (nSPS) is 21.1. The first kappa shape index (κ1) is 23.7. The van der Waals surface area contributed by atoms with Gasteiger partial charge in [0.15, 0.2) is 0 Å². The van der Waals surface area contributed by atoms with E-state index in [0.717, 1.165) is 46.5 Å². The molecule has 0 spiro atoms. The minimum absolute atomic E-state index is 0.0237. The summed E-state index contributed by atoms with van der Waals surface area (Å²) in [4.78, 5) is 48.2. The number of carbonyl (C=O) groups excluding carboxylic acids is 3. The fraction of sp³-hybridized carbons (Fsp3) is 0.429. The molecule has 2 fully saturated rings. The van der Waals surface area contributed by atoms with Crippen LogP contribution in [0.5, 0.6) is 0 Å². The maximum atomic E-state index is 13.9. The summed E-state index contributed by atoms with van der Waals surface area (Å²) in [5, 5.41) is 0.851. The predicted octanol–water partition coefficient (Wildman–Crippen LogP) is 4.92. The van der Waals surface area contributed by atoms with Crippen LogP contribution in [0.25, 0.3) is 10.2 Å². The maximum absolute atomic E-state index is 13.9. The fourth-order valence-corrected chi connectivity index (χ4v) is 6.53. The molecule has 0 bridgehead atoms. The first-order valence-corrected chi connectivity index (χ1v) is 13.3. The second-order valence-electron chi connectivity index (χ2n) is 9.94. The highest BCUT2D eigenvalue weighted by atomic mass is 32.1. The molecule has 2 heterocycles. The Morgan fingerprint density at radius 3 is 2.51 bits per heavy atom. The molecule has 1 saturated carbocycles. The van der Waals surface area contributed by atoms with E-state index in [1.807, 2.05) is 54.6 Å². The summed E-state index contributed by atoms with van der Waals surface area (Å²) in [5.74, 6) is -0.179. The Balaban J connectivity index is 1.37. The van der Waals surface area contributed by atoms with Crippen molar-refractivity contribution in [1.82, 2.24) is 14.8 Å². The van der Waals surface area contributed by atoms with Crippen LogP contribution in [0.15, 0.2) is 54.6 Å². The Hall–Kier alpha value is -3.06. The number of amides is 3. The molecule has 5 rings (SSSR count). The SMILES string of the molecule is CN(Cc1nc2ccccc2s1)C(=O)CC1(c2ccccc2)CC(=O)N(CC2CCCCC2)C1=O. The molecule has 1 saturated heterocycles. The Bertz CT molecular complexity index is 1200. The molecule has 3 aromatic rings. The van der Waals surface area contributed by atoms with E-state index in [9.17, 15) is 14.4 Å². The summed E-state index contributed by atoms with van der Waals surface area (Å²) < 4.78 is 1.08. The van der Waals surface area contributed by atoms with Crippen LogP contribution in [0, 0.1) is 5.92 Å². The summed E-state index contributed by atoms with van der Waals surface area (Å²) in [6, 6.07) is 17.3. The lowest BCUT2D eigenvalue weighted by Gasteiger charge is -2.30. The van der Waals surface area contributed by atoms with Crippen LogP contribution in [0.2, 0.25) is 0 Å². The summed E-state index contributed by atoms with van der Waals surface area (Å²) in [7, 11) is 1.74. The molecule has 1 aliphatic carbocycles. The smallest absolute Gasteiger partial charge is 0.240 e. The Morgan fingerprint density at radius 2 is 1.77 bits per heavy atom. The molecule has 7 heteroatoms. The molecule has 2 aromatic carbocycles. The number of rotatable bonds is 7. The van der Waals surface area contributed by atoms with Crippen molar-refractivity contribution in [1.29, 1.82) is 0 Å². The van der Waals surface area contributed by atoms with Gasteiger partial charge in [-0.05, 0) is 36.5 Å². The lowest BCUT2D eigenvalue weighted by Crippen LogP contribution is -2.44. The second kappa shape index (κ2) is 9.90. The maximum Gasteiger partial charge on any atom is 0.240 e. The number of fused-ring (bicyclic) bond motifs is 1. The number of imide groups is 1. The monoisotopic (exact) mass is 489 g/mol. The molecule has 3 amide bonds. The van der Waals surface area contributed by atoms with E-state index in [-0.39, 0.29) is 30.6 Å². The van der Waals surface area contributed by atoms with Crippen LogP contribution in [0.1, 0.15) is 55.5 Å². The first-order valence-electron chi connectivity index (χ1n) is 12.4. The van der Waals surface area contributed by atoms with Crippen LogP contribution in [-0.2, 0) is 26.3 Å². The van der Waals surface area contributed by atoms with E-state index in [2.05, 4.69) is 4.98 Å². The van der Waals surface area contributed by atoms with Gasteiger partial charge >= 0.3 is 0 Å². The van der Waals surface area contributed by atoms with Gasteiger partial charge in [0.05, 0.1) is 22.2 Å². The number of carbonyl (C=O) groups is 3. The standard InChI is InChI=1S/C28H31N3O3S/c1-30(19-24-29-22-14-8-9-15-23(22)35-24)25(32)16-28(21-12-6-3-7-13-21)17-26(33)31(27(28)34)18-20-10-4-2-5-11-20/h3,6-9,12-15,20H,2,4-5,10-11,16-19H2,1H3. The van der Waals surface area contributed by atoms with Crippen molar-refractivity contribution in [3.8, 4) is 0 Å². The molecule has 1 atom stereocenters. The third-order valence-electron chi connectivity index (χ3n) is 7.49. The number of benzene rings is 2. The first-order chi connectivity index (χ1) is 17.0. The quantitative estimate of drug-likeness (QED) is 0.442. The predicted molar refractivity (Wildman–Crippen MR) is 137 cm³/mol. The zero-order valence-electron chi connectivity index (χ0n) is 20.1. The Kier molecular flexibility index (Phi) is 6.69. The van der Waals surface area contributed by atoms with Gasteiger partial charge < -0.3 is 4.90 Å². The molecule has 2 aliphatic rings. The highest BCUT2D eigenvalue weighted by Crippen LogP contribution is 2.41. The van der Waals surface area contributed by atoms with Gasteiger partial charge in [0.2, 0.25) is 17.7 Å². The van der Waals surface area contributed by atoms with Crippen molar-refractivity contribution in [3.63, 3.8) is 0 Å². The molecule has 1 aromatic heterocycles. The summed E-state index contributed by atoms with van der Waals surface area (Å²) >= 11 is 1.57. The Morgan fingerprint density at radius 1 is 1.06 bits per heavy atom. The third-order valence-corrected chi connectivity index (χ3v) is 8.51. The summed E-state index contributed by atoms with van der Waals surface area (Å²) in [6.07, 6.45) is 5.66. The largest absolute Gasteiger partial charge is 0.339 e. The van der Waals surface area contributed by atoms with Gasteiger partial charge in [0, 0.05) is 26.4 Å². The lowest BCUT2D eigenvalue weighted by molar-refractivity contribution is -0.143. The van der Waals surface area contributed by atoms with E-state index in [1.54, 1.807) is 23.3 Å². The van der Waals surface area contributed by atoms with Crippen molar-refractivity contribution in [2.75, 3.05) is 13.6 Å². The topological polar surface area (TPSA) is 70.6 Å². The van der Waals surface area contributed by atoms with Crippen LogP contribution >= 0.6 is 11.3 Å². The molecular weight excluding hydrogens is 458 g/mol. The average molecular weight is 490 g/mol. The van der Waals surface area contributed by atoms with E-state index in [1.165, 1.54) is 11.3 Å². The number of para-hydroxylation sites is 1. The van der Waals surface area contributed by atoms with Crippen LogP contribution in [0.3, 0.4) is 0 Å². The van der Waals surface area contributed by atoms with Crippen molar-refractivity contribution in [3.05, 3.63) is 65.2 Å². The van der Waals surface area contributed by atoms with E-state index in [0.29, 0.717) is 19.0 Å². The molecule has 1 unspecified atom stereocenters. The zero-order valence-corrected chi connectivity index (χ0v) is 20.9. The van der Waals surface area contributed by atoms with E-state index in [4.69, 9.17) is 0 Å². The van der Waals surface area contributed by atoms with Crippen LogP contribution in [-0.4, -0.2) is 46.1 Å².